The molecule has 19 heavy (non-hydrogen) atoms. The van der Waals surface area contributed by atoms with Crippen LogP contribution in [-0.2, 0) is 0 Å². The second kappa shape index (κ2) is 6.04. The molecule has 0 unspecified atom stereocenters. The molecule has 4 heteroatoms. The second-order valence-electron chi connectivity index (χ2n) is 5.76. The van der Waals surface area contributed by atoms with Crippen LogP contribution in [0.15, 0.2) is 18.3 Å². The number of aromatic nitrogens is 1. The van der Waals surface area contributed by atoms with Gasteiger partial charge in [0.15, 0.2) is 0 Å². The Hall–Kier alpha value is -1.58. The number of amides is 1. The van der Waals surface area contributed by atoms with Gasteiger partial charge in [0.1, 0.15) is 5.69 Å². The first-order valence-corrected chi connectivity index (χ1v) is 7.10. The lowest BCUT2D eigenvalue weighted by atomic mass is 10.1. The molecule has 0 aliphatic heterocycles. The SMILES string of the molecule is CC(C)CN(C(=O)c1cc(N)ccn1)C1CCCC1. The second-order valence-corrected chi connectivity index (χ2v) is 5.76. The third-order valence-corrected chi connectivity index (χ3v) is 3.59. The van der Waals surface area contributed by atoms with Gasteiger partial charge in [-0.05, 0) is 30.9 Å². The third kappa shape index (κ3) is 3.46. The fourth-order valence-electron chi connectivity index (χ4n) is 2.72. The number of rotatable bonds is 4. The van der Waals surface area contributed by atoms with Gasteiger partial charge in [-0.15, -0.1) is 0 Å². The van der Waals surface area contributed by atoms with Gasteiger partial charge in [-0.3, -0.25) is 9.78 Å². The van der Waals surface area contributed by atoms with E-state index in [0.717, 1.165) is 19.4 Å². The zero-order valence-electron chi connectivity index (χ0n) is 11.8. The standard InChI is InChI=1S/C15H23N3O/c1-11(2)10-18(13-5-3-4-6-13)15(19)14-9-12(16)7-8-17-14/h7-9,11,13H,3-6,10H2,1-2H3,(H2,16,17). The monoisotopic (exact) mass is 261 g/mol. The number of nitrogens with zero attached hydrogens (tertiary/aromatic N) is 2. The molecule has 1 aliphatic carbocycles. The van der Waals surface area contributed by atoms with Gasteiger partial charge in [0, 0.05) is 24.5 Å². The van der Waals surface area contributed by atoms with Gasteiger partial charge in [-0.2, -0.15) is 0 Å². The van der Waals surface area contributed by atoms with Crippen LogP contribution in [0, 0.1) is 5.92 Å². The van der Waals surface area contributed by atoms with E-state index in [1.165, 1.54) is 12.8 Å². The summed E-state index contributed by atoms with van der Waals surface area (Å²) in [4.78, 5) is 18.8. The number of anilines is 1. The smallest absolute Gasteiger partial charge is 0.272 e. The molecule has 0 radical (unpaired) electrons. The summed E-state index contributed by atoms with van der Waals surface area (Å²) in [6.45, 7) is 5.07. The molecule has 1 aromatic heterocycles. The number of carbonyl (C=O) groups excluding carboxylic acids is 1. The molecule has 1 amide bonds. The summed E-state index contributed by atoms with van der Waals surface area (Å²) in [5.41, 5.74) is 6.80. The van der Waals surface area contributed by atoms with Gasteiger partial charge in [0.05, 0.1) is 0 Å². The van der Waals surface area contributed by atoms with Gasteiger partial charge in [-0.1, -0.05) is 26.7 Å². The van der Waals surface area contributed by atoms with Crippen molar-refractivity contribution in [2.24, 2.45) is 5.92 Å². The van der Waals surface area contributed by atoms with Crippen LogP contribution in [0.4, 0.5) is 5.69 Å². The van der Waals surface area contributed by atoms with Gasteiger partial charge < -0.3 is 10.6 Å². The minimum Gasteiger partial charge on any atom is -0.399 e. The topological polar surface area (TPSA) is 59.2 Å². The fraction of sp³-hybridized carbons (Fsp3) is 0.600. The van der Waals surface area contributed by atoms with E-state index in [9.17, 15) is 4.79 Å². The van der Waals surface area contributed by atoms with Gasteiger partial charge in [-0.25, -0.2) is 0 Å². The van der Waals surface area contributed by atoms with Crippen LogP contribution in [0.2, 0.25) is 0 Å². The maximum atomic E-state index is 12.6. The highest BCUT2D eigenvalue weighted by atomic mass is 16.2. The first-order valence-electron chi connectivity index (χ1n) is 7.10. The van der Waals surface area contributed by atoms with Crippen molar-refractivity contribution >= 4 is 11.6 Å². The molecule has 0 atom stereocenters. The summed E-state index contributed by atoms with van der Waals surface area (Å²) in [7, 11) is 0. The van der Waals surface area contributed by atoms with Gasteiger partial charge in [0.25, 0.3) is 5.91 Å². The summed E-state index contributed by atoms with van der Waals surface area (Å²) in [6.07, 6.45) is 6.26. The van der Waals surface area contributed by atoms with E-state index in [-0.39, 0.29) is 5.91 Å². The highest BCUT2D eigenvalue weighted by Gasteiger charge is 2.28. The Labute approximate surface area is 115 Å². The molecule has 0 aromatic carbocycles. The van der Waals surface area contributed by atoms with E-state index < -0.39 is 0 Å². The van der Waals surface area contributed by atoms with Crippen LogP contribution in [-0.4, -0.2) is 28.4 Å². The summed E-state index contributed by atoms with van der Waals surface area (Å²) in [5, 5.41) is 0. The molecule has 0 bridgehead atoms. The minimum atomic E-state index is 0.0212. The Balaban J connectivity index is 2.19. The molecule has 2 N–H and O–H groups in total. The van der Waals surface area contributed by atoms with E-state index in [1.54, 1.807) is 18.3 Å². The number of pyridine rings is 1. The zero-order valence-corrected chi connectivity index (χ0v) is 11.8. The predicted molar refractivity (Wildman–Crippen MR) is 76.8 cm³/mol. The quantitative estimate of drug-likeness (QED) is 0.906. The number of hydrogen-bond acceptors (Lipinski definition) is 3. The third-order valence-electron chi connectivity index (χ3n) is 3.59. The lowest BCUT2D eigenvalue weighted by Crippen LogP contribution is -2.41. The molecular weight excluding hydrogens is 238 g/mol. The van der Waals surface area contributed by atoms with Crippen molar-refractivity contribution in [2.45, 2.75) is 45.6 Å². The summed E-state index contributed by atoms with van der Waals surface area (Å²) >= 11 is 0. The lowest BCUT2D eigenvalue weighted by molar-refractivity contribution is 0.0649. The molecule has 104 valence electrons. The van der Waals surface area contributed by atoms with E-state index in [4.69, 9.17) is 5.73 Å². The van der Waals surface area contributed by atoms with E-state index in [2.05, 4.69) is 18.8 Å². The normalized spacial score (nSPS) is 15.9. The summed E-state index contributed by atoms with van der Waals surface area (Å²) < 4.78 is 0. The predicted octanol–water partition coefficient (Wildman–Crippen LogP) is 2.70. The first-order chi connectivity index (χ1) is 9.08. The van der Waals surface area contributed by atoms with Crippen LogP contribution >= 0.6 is 0 Å². The van der Waals surface area contributed by atoms with E-state index >= 15 is 0 Å². The molecule has 2 rings (SSSR count). The Morgan fingerprint density at radius 1 is 1.47 bits per heavy atom. The Morgan fingerprint density at radius 3 is 2.74 bits per heavy atom. The molecule has 1 aromatic rings. The Morgan fingerprint density at radius 2 is 2.16 bits per heavy atom. The molecule has 1 saturated carbocycles. The van der Waals surface area contributed by atoms with Crippen molar-refractivity contribution in [3.05, 3.63) is 24.0 Å². The molecule has 0 saturated heterocycles. The number of nitrogens with two attached hydrogens (primary N) is 1. The van der Waals surface area contributed by atoms with Crippen molar-refractivity contribution in [3.63, 3.8) is 0 Å². The highest BCUT2D eigenvalue weighted by Crippen LogP contribution is 2.25. The number of carbonyl (C=O) groups is 1. The van der Waals surface area contributed by atoms with Crippen molar-refractivity contribution in [3.8, 4) is 0 Å². The number of nitrogen functional groups attached to an aromatic ring is 1. The van der Waals surface area contributed by atoms with Crippen molar-refractivity contribution in [1.29, 1.82) is 0 Å². The molecular formula is C15H23N3O. The summed E-state index contributed by atoms with van der Waals surface area (Å²) in [5.74, 6) is 0.485. The average molecular weight is 261 g/mol. The molecule has 0 spiro atoms. The van der Waals surface area contributed by atoms with E-state index in [0.29, 0.717) is 23.3 Å². The van der Waals surface area contributed by atoms with Crippen molar-refractivity contribution < 1.29 is 4.79 Å². The molecule has 4 nitrogen and oxygen atoms in total. The maximum absolute atomic E-state index is 12.6. The van der Waals surface area contributed by atoms with Crippen LogP contribution in [0.3, 0.4) is 0 Å². The van der Waals surface area contributed by atoms with Gasteiger partial charge >= 0.3 is 0 Å². The highest BCUT2D eigenvalue weighted by molar-refractivity contribution is 5.93. The molecule has 1 fully saturated rings. The average Bonchev–Trinajstić information content (AvgIpc) is 2.88. The largest absolute Gasteiger partial charge is 0.399 e. The summed E-state index contributed by atoms with van der Waals surface area (Å²) in [6, 6.07) is 3.75. The maximum Gasteiger partial charge on any atom is 0.272 e. The van der Waals surface area contributed by atoms with E-state index in [1.807, 2.05) is 4.90 Å². The number of hydrogen-bond donors (Lipinski definition) is 1. The van der Waals surface area contributed by atoms with Gasteiger partial charge in [0.2, 0.25) is 0 Å². The minimum absolute atomic E-state index is 0.0212. The Kier molecular flexibility index (Phi) is 4.40. The first kappa shape index (κ1) is 13.8. The van der Waals surface area contributed by atoms with Crippen LogP contribution in [0.25, 0.3) is 0 Å². The van der Waals surface area contributed by atoms with Crippen LogP contribution in [0.1, 0.15) is 50.0 Å². The van der Waals surface area contributed by atoms with Crippen LogP contribution in [0.5, 0.6) is 0 Å². The lowest BCUT2D eigenvalue weighted by Gasteiger charge is -2.30. The van der Waals surface area contributed by atoms with Crippen molar-refractivity contribution in [2.75, 3.05) is 12.3 Å². The van der Waals surface area contributed by atoms with Crippen LogP contribution < -0.4 is 5.73 Å². The zero-order chi connectivity index (χ0) is 13.8. The molecule has 1 heterocycles. The van der Waals surface area contributed by atoms with Crippen molar-refractivity contribution in [1.82, 2.24) is 9.88 Å². The molecule has 1 aliphatic rings. The fourth-order valence-corrected chi connectivity index (χ4v) is 2.72. The Bertz CT molecular complexity index is 439.